The van der Waals surface area contributed by atoms with Gasteiger partial charge >= 0.3 is 11.8 Å². The molecule has 1 atom stereocenters. The zero-order valence-electron chi connectivity index (χ0n) is 10.9. The van der Waals surface area contributed by atoms with Gasteiger partial charge in [0.1, 0.15) is 0 Å². The Balaban J connectivity index is 1.90. The van der Waals surface area contributed by atoms with Gasteiger partial charge in [-0.1, -0.05) is 12.1 Å². The summed E-state index contributed by atoms with van der Waals surface area (Å²) in [7, 11) is 0. The van der Waals surface area contributed by atoms with E-state index in [-0.39, 0.29) is 11.9 Å². The van der Waals surface area contributed by atoms with Crippen molar-refractivity contribution in [1.29, 1.82) is 0 Å². The third-order valence-electron chi connectivity index (χ3n) is 3.75. The van der Waals surface area contributed by atoms with Crippen LogP contribution in [0.25, 0.3) is 0 Å². The minimum absolute atomic E-state index is 0.0828. The Labute approximate surface area is 112 Å². The van der Waals surface area contributed by atoms with Crippen LogP contribution in [0.3, 0.4) is 0 Å². The molecule has 100 valence electrons. The standard InChI is InChI=1S/C14H17N3O2/c1-10-3-2-4-11(7-10)17-9-12-8-15-5-6-16(12)13(18)14(17)19/h2-4,7,12,15H,5-6,8-9H2,1H3. The Morgan fingerprint density at radius 3 is 2.89 bits per heavy atom. The van der Waals surface area contributed by atoms with Gasteiger partial charge in [-0.25, -0.2) is 0 Å². The molecule has 1 aromatic rings. The second kappa shape index (κ2) is 4.66. The van der Waals surface area contributed by atoms with Gasteiger partial charge < -0.3 is 15.1 Å². The highest BCUT2D eigenvalue weighted by atomic mass is 16.2. The molecule has 1 aromatic carbocycles. The zero-order valence-corrected chi connectivity index (χ0v) is 10.9. The molecule has 19 heavy (non-hydrogen) atoms. The van der Waals surface area contributed by atoms with Crippen LogP contribution in [0.1, 0.15) is 5.56 Å². The quantitative estimate of drug-likeness (QED) is 0.730. The van der Waals surface area contributed by atoms with Gasteiger partial charge in [-0.15, -0.1) is 0 Å². The van der Waals surface area contributed by atoms with E-state index >= 15 is 0 Å². The summed E-state index contributed by atoms with van der Waals surface area (Å²) in [4.78, 5) is 27.6. The molecular formula is C14H17N3O2. The first-order valence-corrected chi connectivity index (χ1v) is 6.56. The summed E-state index contributed by atoms with van der Waals surface area (Å²) in [6.07, 6.45) is 0. The largest absolute Gasteiger partial charge is 0.327 e. The van der Waals surface area contributed by atoms with Crippen molar-refractivity contribution in [3.05, 3.63) is 29.8 Å². The minimum Gasteiger partial charge on any atom is -0.327 e. The highest BCUT2D eigenvalue weighted by Gasteiger charge is 2.40. The van der Waals surface area contributed by atoms with Crippen LogP contribution in [0.2, 0.25) is 0 Å². The number of hydrogen-bond acceptors (Lipinski definition) is 3. The van der Waals surface area contributed by atoms with Gasteiger partial charge in [0, 0.05) is 31.9 Å². The number of rotatable bonds is 1. The van der Waals surface area contributed by atoms with E-state index in [0.29, 0.717) is 13.1 Å². The molecule has 2 saturated heterocycles. The zero-order chi connectivity index (χ0) is 13.4. The number of nitrogens with one attached hydrogen (secondary N) is 1. The molecule has 2 aliphatic heterocycles. The van der Waals surface area contributed by atoms with E-state index in [2.05, 4.69) is 5.32 Å². The van der Waals surface area contributed by atoms with Crippen molar-refractivity contribution < 1.29 is 9.59 Å². The normalized spacial score (nSPS) is 23.5. The predicted octanol–water partition coefficient (Wildman–Crippen LogP) is 0.142. The van der Waals surface area contributed by atoms with Crippen molar-refractivity contribution in [2.24, 2.45) is 0 Å². The summed E-state index contributed by atoms with van der Waals surface area (Å²) >= 11 is 0. The van der Waals surface area contributed by atoms with Gasteiger partial charge in [0.15, 0.2) is 0 Å². The number of piperazine rings is 2. The second-order valence-electron chi connectivity index (χ2n) is 5.11. The van der Waals surface area contributed by atoms with Crippen LogP contribution in [0, 0.1) is 6.92 Å². The van der Waals surface area contributed by atoms with Crippen LogP contribution < -0.4 is 10.2 Å². The number of hydrogen-bond donors (Lipinski definition) is 1. The van der Waals surface area contributed by atoms with E-state index in [1.165, 1.54) is 0 Å². The molecule has 1 N–H and O–H groups in total. The topological polar surface area (TPSA) is 52.6 Å². The van der Waals surface area contributed by atoms with Crippen molar-refractivity contribution in [3.63, 3.8) is 0 Å². The summed E-state index contributed by atoms with van der Waals surface area (Å²) in [5, 5.41) is 3.27. The number of aryl methyl sites for hydroxylation is 1. The molecule has 2 amide bonds. The lowest BCUT2D eigenvalue weighted by Crippen LogP contribution is -2.65. The molecule has 1 unspecified atom stereocenters. The molecule has 0 bridgehead atoms. The van der Waals surface area contributed by atoms with Crippen LogP contribution in [0.4, 0.5) is 5.69 Å². The fourth-order valence-corrected chi connectivity index (χ4v) is 2.74. The molecule has 2 heterocycles. The number of anilines is 1. The van der Waals surface area contributed by atoms with Crippen molar-refractivity contribution in [3.8, 4) is 0 Å². The third-order valence-corrected chi connectivity index (χ3v) is 3.75. The molecule has 5 heteroatoms. The predicted molar refractivity (Wildman–Crippen MR) is 71.9 cm³/mol. The molecule has 3 rings (SSSR count). The van der Waals surface area contributed by atoms with Gasteiger partial charge in [0.05, 0.1) is 6.04 Å². The first kappa shape index (κ1) is 12.2. The molecule has 5 nitrogen and oxygen atoms in total. The average Bonchev–Trinajstić information content (AvgIpc) is 2.43. The summed E-state index contributed by atoms with van der Waals surface area (Å²) in [5.74, 6) is -0.789. The van der Waals surface area contributed by atoms with E-state index in [0.717, 1.165) is 24.3 Å². The van der Waals surface area contributed by atoms with Gasteiger partial charge in [-0.3, -0.25) is 9.59 Å². The molecule has 0 aliphatic carbocycles. The second-order valence-corrected chi connectivity index (χ2v) is 5.11. The van der Waals surface area contributed by atoms with Gasteiger partial charge in [0.25, 0.3) is 0 Å². The average molecular weight is 259 g/mol. The molecule has 2 fully saturated rings. The smallest absolute Gasteiger partial charge is 0.316 e. The van der Waals surface area contributed by atoms with E-state index in [1.807, 2.05) is 31.2 Å². The number of nitrogens with zero attached hydrogens (tertiary/aromatic N) is 2. The Kier molecular flexibility index (Phi) is 2.98. The SMILES string of the molecule is Cc1cccc(N2CC3CNCCN3C(=O)C2=O)c1. The molecular weight excluding hydrogens is 242 g/mol. The van der Waals surface area contributed by atoms with Gasteiger partial charge in [0.2, 0.25) is 0 Å². The van der Waals surface area contributed by atoms with Crippen molar-refractivity contribution in [1.82, 2.24) is 10.2 Å². The number of carbonyl (C=O) groups excluding carboxylic acids is 2. The highest BCUT2D eigenvalue weighted by molar-refractivity contribution is 6.41. The maximum atomic E-state index is 12.2. The Bertz CT molecular complexity index is 529. The van der Waals surface area contributed by atoms with Crippen molar-refractivity contribution in [2.45, 2.75) is 13.0 Å². The van der Waals surface area contributed by atoms with Crippen LogP contribution in [-0.2, 0) is 9.59 Å². The Hall–Kier alpha value is -1.88. The maximum Gasteiger partial charge on any atom is 0.316 e. The van der Waals surface area contributed by atoms with E-state index < -0.39 is 5.91 Å². The monoisotopic (exact) mass is 259 g/mol. The lowest BCUT2D eigenvalue weighted by molar-refractivity contribution is -0.149. The molecule has 2 aliphatic rings. The minimum atomic E-state index is -0.413. The fourth-order valence-electron chi connectivity index (χ4n) is 2.74. The fraction of sp³-hybridized carbons (Fsp3) is 0.429. The summed E-state index contributed by atoms with van der Waals surface area (Å²) < 4.78 is 0. The van der Waals surface area contributed by atoms with Gasteiger partial charge in [-0.05, 0) is 24.6 Å². The van der Waals surface area contributed by atoms with Crippen LogP contribution in [0.15, 0.2) is 24.3 Å². The summed E-state index contributed by atoms with van der Waals surface area (Å²) in [5.41, 5.74) is 1.89. The number of benzene rings is 1. The number of amides is 2. The lowest BCUT2D eigenvalue weighted by atomic mass is 10.1. The molecule has 0 aromatic heterocycles. The summed E-state index contributed by atoms with van der Waals surface area (Å²) in [6.45, 7) is 4.69. The lowest BCUT2D eigenvalue weighted by Gasteiger charge is -2.43. The van der Waals surface area contributed by atoms with E-state index in [9.17, 15) is 9.59 Å². The number of carbonyl (C=O) groups is 2. The first-order chi connectivity index (χ1) is 9.16. The third kappa shape index (κ3) is 2.10. The highest BCUT2D eigenvalue weighted by Crippen LogP contribution is 2.22. The molecule has 0 spiro atoms. The Morgan fingerprint density at radius 1 is 1.26 bits per heavy atom. The van der Waals surface area contributed by atoms with Crippen molar-refractivity contribution in [2.75, 3.05) is 31.1 Å². The summed E-state index contributed by atoms with van der Waals surface area (Å²) in [6, 6.07) is 7.79. The van der Waals surface area contributed by atoms with Gasteiger partial charge in [-0.2, -0.15) is 0 Å². The Morgan fingerprint density at radius 2 is 2.11 bits per heavy atom. The van der Waals surface area contributed by atoms with Crippen LogP contribution >= 0.6 is 0 Å². The van der Waals surface area contributed by atoms with Crippen molar-refractivity contribution >= 4 is 17.5 Å². The first-order valence-electron chi connectivity index (χ1n) is 6.56. The van der Waals surface area contributed by atoms with E-state index in [4.69, 9.17) is 0 Å². The molecule has 0 saturated carbocycles. The van der Waals surface area contributed by atoms with Crippen LogP contribution in [0.5, 0.6) is 0 Å². The van der Waals surface area contributed by atoms with E-state index in [1.54, 1.807) is 9.80 Å². The maximum absolute atomic E-state index is 12.2. The number of fused-ring (bicyclic) bond motifs is 1. The van der Waals surface area contributed by atoms with Crippen LogP contribution in [-0.4, -0.2) is 48.9 Å². The molecule has 0 radical (unpaired) electrons.